The lowest BCUT2D eigenvalue weighted by Gasteiger charge is -2.13. The molecule has 5 heteroatoms. The van der Waals surface area contributed by atoms with Crippen LogP contribution < -0.4 is 5.32 Å². The van der Waals surface area contributed by atoms with Gasteiger partial charge >= 0.3 is 0 Å². The van der Waals surface area contributed by atoms with E-state index in [9.17, 15) is 0 Å². The van der Waals surface area contributed by atoms with Gasteiger partial charge in [0, 0.05) is 45.8 Å². The van der Waals surface area contributed by atoms with E-state index in [1.807, 2.05) is 66.7 Å². The van der Waals surface area contributed by atoms with E-state index in [0.717, 1.165) is 78.7 Å². The highest BCUT2D eigenvalue weighted by atomic mass is 16.3. The van der Waals surface area contributed by atoms with Crippen molar-refractivity contribution >= 4 is 33.7 Å². The first-order valence-corrected chi connectivity index (χ1v) is 15.7. The van der Waals surface area contributed by atoms with E-state index in [4.69, 9.17) is 19.4 Å². The molecule has 0 amide bonds. The fourth-order valence-electron chi connectivity index (χ4n) is 6.38. The molecule has 0 radical (unpaired) electrons. The van der Waals surface area contributed by atoms with Crippen molar-refractivity contribution in [1.29, 1.82) is 0 Å². The highest BCUT2D eigenvalue weighted by molar-refractivity contribution is 6.15. The van der Waals surface area contributed by atoms with Crippen LogP contribution in [-0.2, 0) is 0 Å². The molecule has 8 aromatic rings. The topological polar surface area (TPSA) is 63.8 Å². The standard InChI is InChI=1S/C42H28N4O/c1-4-11-27(12-5-1)33-24-34(39-35-23-32-17-10-22-43-36(32)26-37(35)47-38(39)25-33)28-18-20-31(21-19-28)42-45-40(29-13-6-2-7-14-29)44-41(46-42)30-15-8-3-9-16-30/h1-21,23-26,43H,22H2. The number of nitrogens with zero attached hydrogens (tertiary/aromatic N) is 3. The van der Waals surface area contributed by atoms with Crippen molar-refractivity contribution in [2.24, 2.45) is 0 Å². The highest BCUT2D eigenvalue weighted by Gasteiger charge is 2.19. The molecule has 6 aromatic carbocycles. The Bertz CT molecular complexity index is 2370. The molecule has 1 aliphatic heterocycles. The minimum Gasteiger partial charge on any atom is -0.456 e. The summed E-state index contributed by atoms with van der Waals surface area (Å²) in [5.41, 5.74) is 11.3. The lowest BCUT2D eigenvalue weighted by atomic mass is 9.93. The minimum atomic E-state index is 0.632. The van der Waals surface area contributed by atoms with Gasteiger partial charge < -0.3 is 9.73 Å². The first-order chi connectivity index (χ1) is 23.3. The van der Waals surface area contributed by atoms with Crippen molar-refractivity contribution in [3.63, 3.8) is 0 Å². The number of hydrogen-bond acceptors (Lipinski definition) is 5. The SMILES string of the molecule is C1=Cc2cc3c(cc2NC1)oc1cc(-c2ccccc2)cc(-c2ccc(-c4nc(-c5ccccc5)nc(-c5ccccc5)n4)cc2)c13. The van der Waals surface area contributed by atoms with E-state index < -0.39 is 0 Å². The van der Waals surface area contributed by atoms with Gasteiger partial charge in [0.1, 0.15) is 11.2 Å². The van der Waals surface area contributed by atoms with Crippen LogP contribution in [0.4, 0.5) is 5.69 Å². The van der Waals surface area contributed by atoms with Crippen LogP contribution in [0.3, 0.4) is 0 Å². The molecule has 0 unspecified atom stereocenters. The summed E-state index contributed by atoms with van der Waals surface area (Å²) in [5.74, 6) is 1.92. The summed E-state index contributed by atoms with van der Waals surface area (Å²) in [6.07, 6.45) is 4.33. The normalized spacial score (nSPS) is 12.3. The lowest BCUT2D eigenvalue weighted by Crippen LogP contribution is -2.03. The molecule has 0 atom stereocenters. The number of benzene rings is 6. The van der Waals surface area contributed by atoms with Gasteiger partial charge in [-0.15, -0.1) is 0 Å². The maximum Gasteiger partial charge on any atom is 0.164 e. The van der Waals surface area contributed by atoms with Crippen LogP contribution in [0.15, 0.2) is 150 Å². The molecule has 3 heterocycles. The van der Waals surface area contributed by atoms with Gasteiger partial charge in [-0.2, -0.15) is 0 Å². The van der Waals surface area contributed by atoms with Gasteiger partial charge in [0.05, 0.1) is 0 Å². The summed E-state index contributed by atoms with van der Waals surface area (Å²) in [7, 11) is 0. The van der Waals surface area contributed by atoms with Crippen molar-refractivity contribution in [3.05, 3.63) is 151 Å². The number of hydrogen-bond donors (Lipinski definition) is 1. The Hall–Kier alpha value is -6.33. The molecule has 222 valence electrons. The summed E-state index contributed by atoms with van der Waals surface area (Å²) in [5, 5.41) is 5.67. The number of nitrogens with one attached hydrogen (secondary N) is 1. The maximum absolute atomic E-state index is 6.56. The van der Waals surface area contributed by atoms with E-state index >= 15 is 0 Å². The number of aromatic nitrogens is 3. The van der Waals surface area contributed by atoms with Gasteiger partial charge in [-0.25, -0.2) is 15.0 Å². The molecule has 0 spiro atoms. The van der Waals surface area contributed by atoms with Crippen LogP contribution >= 0.6 is 0 Å². The molecular formula is C42H28N4O. The van der Waals surface area contributed by atoms with Gasteiger partial charge in [0.2, 0.25) is 0 Å². The zero-order valence-electron chi connectivity index (χ0n) is 25.4. The quantitative estimate of drug-likeness (QED) is 0.212. The molecule has 1 aliphatic rings. The zero-order chi connectivity index (χ0) is 31.2. The van der Waals surface area contributed by atoms with Crippen LogP contribution in [0, 0.1) is 0 Å². The fraction of sp³-hybridized carbons (Fsp3) is 0.0238. The molecule has 0 saturated carbocycles. The summed E-state index contributed by atoms with van der Waals surface area (Å²) in [4.78, 5) is 14.7. The van der Waals surface area contributed by atoms with Gasteiger partial charge in [0.25, 0.3) is 0 Å². The Morgan fingerprint density at radius 2 is 1.04 bits per heavy atom. The smallest absolute Gasteiger partial charge is 0.164 e. The van der Waals surface area contributed by atoms with Crippen molar-refractivity contribution in [2.45, 2.75) is 0 Å². The first kappa shape index (κ1) is 27.0. The third-order valence-corrected chi connectivity index (χ3v) is 8.71. The van der Waals surface area contributed by atoms with E-state index in [1.54, 1.807) is 0 Å². The zero-order valence-corrected chi connectivity index (χ0v) is 25.4. The number of fused-ring (bicyclic) bond motifs is 4. The van der Waals surface area contributed by atoms with Crippen LogP contribution in [0.1, 0.15) is 5.56 Å². The average Bonchev–Trinajstić information content (AvgIpc) is 3.51. The predicted octanol–water partition coefficient (Wildman–Crippen LogP) is 10.5. The van der Waals surface area contributed by atoms with Gasteiger partial charge in [-0.3, -0.25) is 0 Å². The first-order valence-electron chi connectivity index (χ1n) is 15.7. The number of rotatable bonds is 5. The Morgan fingerprint density at radius 1 is 0.489 bits per heavy atom. The summed E-state index contributed by atoms with van der Waals surface area (Å²) >= 11 is 0. The van der Waals surface area contributed by atoms with Crippen molar-refractivity contribution in [2.75, 3.05) is 11.9 Å². The van der Waals surface area contributed by atoms with Crippen LogP contribution in [0.25, 0.3) is 84.4 Å². The molecule has 1 N–H and O–H groups in total. The lowest BCUT2D eigenvalue weighted by molar-refractivity contribution is 0.669. The van der Waals surface area contributed by atoms with Gasteiger partial charge in [0.15, 0.2) is 17.5 Å². The molecule has 5 nitrogen and oxygen atoms in total. The van der Waals surface area contributed by atoms with E-state index in [-0.39, 0.29) is 0 Å². The number of anilines is 1. The van der Waals surface area contributed by atoms with Crippen LogP contribution in [0.5, 0.6) is 0 Å². The Labute approximate surface area is 271 Å². The summed E-state index contributed by atoms with van der Waals surface area (Å²) in [6, 6.07) is 47.9. The molecule has 0 bridgehead atoms. The maximum atomic E-state index is 6.56. The molecule has 0 fully saturated rings. The molecule has 9 rings (SSSR count). The minimum absolute atomic E-state index is 0.632. The number of furan rings is 1. The largest absolute Gasteiger partial charge is 0.456 e. The van der Waals surface area contributed by atoms with Crippen LogP contribution in [0.2, 0.25) is 0 Å². The van der Waals surface area contributed by atoms with Crippen LogP contribution in [-0.4, -0.2) is 21.5 Å². The predicted molar refractivity (Wildman–Crippen MR) is 192 cm³/mol. The Balaban J connectivity index is 1.20. The van der Waals surface area contributed by atoms with E-state index in [1.165, 1.54) is 0 Å². The van der Waals surface area contributed by atoms with Crippen molar-refractivity contribution in [1.82, 2.24) is 15.0 Å². The second-order valence-electron chi connectivity index (χ2n) is 11.7. The molecule has 0 saturated heterocycles. The third kappa shape index (κ3) is 4.95. The Morgan fingerprint density at radius 3 is 1.66 bits per heavy atom. The van der Waals surface area contributed by atoms with Crippen molar-refractivity contribution < 1.29 is 4.42 Å². The fourth-order valence-corrected chi connectivity index (χ4v) is 6.38. The van der Waals surface area contributed by atoms with E-state index in [0.29, 0.717) is 17.5 Å². The second kappa shape index (κ2) is 11.2. The molecule has 2 aromatic heterocycles. The highest BCUT2D eigenvalue weighted by Crippen LogP contribution is 2.42. The molecular weight excluding hydrogens is 576 g/mol. The average molecular weight is 605 g/mol. The molecule has 47 heavy (non-hydrogen) atoms. The Kier molecular flexibility index (Phi) is 6.46. The van der Waals surface area contributed by atoms with Gasteiger partial charge in [-0.05, 0) is 46.0 Å². The third-order valence-electron chi connectivity index (χ3n) is 8.71. The monoisotopic (exact) mass is 604 g/mol. The van der Waals surface area contributed by atoms with Crippen molar-refractivity contribution in [3.8, 4) is 56.4 Å². The second-order valence-corrected chi connectivity index (χ2v) is 11.7. The summed E-state index contributed by atoms with van der Waals surface area (Å²) < 4.78 is 6.56. The molecule has 0 aliphatic carbocycles. The van der Waals surface area contributed by atoms with E-state index in [2.05, 4.69) is 90.3 Å². The van der Waals surface area contributed by atoms with Gasteiger partial charge in [-0.1, -0.05) is 127 Å². The summed E-state index contributed by atoms with van der Waals surface area (Å²) in [6.45, 7) is 0.815.